The van der Waals surface area contributed by atoms with E-state index in [-0.39, 0.29) is 18.1 Å². The molecule has 0 aliphatic carbocycles. The molecule has 0 atom stereocenters. The summed E-state index contributed by atoms with van der Waals surface area (Å²) in [5.41, 5.74) is 3.96. The van der Waals surface area contributed by atoms with Gasteiger partial charge in [-0.2, -0.15) is 0 Å². The molecule has 3 heterocycles. The zero-order valence-corrected chi connectivity index (χ0v) is 16.7. The van der Waals surface area contributed by atoms with E-state index < -0.39 is 0 Å². The number of amides is 1. The van der Waals surface area contributed by atoms with Crippen LogP contribution in [0.5, 0.6) is 5.88 Å². The summed E-state index contributed by atoms with van der Waals surface area (Å²) in [7, 11) is 1.83. The third kappa shape index (κ3) is 4.12. The Hall–Kier alpha value is -3.26. The van der Waals surface area contributed by atoms with E-state index in [1.165, 1.54) is 11.8 Å². The summed E-state index contributed by atoms with van der Waals surface area (Å²) in [5, 5.41) is 11.3. The standard InChI is InChI=1S/C21H23N5O3/c1-14-4-6-15(7-5-14)19-17(26(3)25-24-19)11-29-18-9-8-16(10-22-18)20(27)23-21(2)12-28-13-21/h4-10H,11-13H2,1-3H3,(H,23,27). The average Bonchev–Trinajstić information content (AvgIpc) is 3.06. The lowest BCUT2D eigenvalue weighted by atomic mass is 10.0. The van der Waals surface area contributed by atoms with Crippen LogP contribution in [-0.4, -0.2) is 44.6 Å². The zero-order valence-electron chi connectivity index (χ0n) is 16.7. The number of nitrogens with zero attached hydrogens (tertiary/aromatic N) is 4. The summed E-state index contributed by atoms with van der Waals surface area (Å²) >= 11 is 0. The topological polar surface area (TPSA) is 91.2 Å². The van der Waals surface area contributed by atoms with Crippen LogP contribution >= 0.6 is 0 Å². The van der Waals surface area contributed by atoms with Gasteiger partial charge in [-0.05, 0) is 19.9 Å². The second-order valence-electron chi connectivity index (χ2n) is 7.56. The zero-order chi connectivity index (χ0) is 20.4. The number of rotatable bonds is 6. The van der Waals surface area contributed by atoms with Crippen LogP contribution < -0.4 is 10.1 Å². The Morgan fingerprint density at radius 2 is 2.00 bits per heavy atom. The first-order chi connectivity index (χ1) is 13.9. The van der Waals surface area contributed by atoms with Crippen LogP contribution in [0.15, 0.2) is 42.6 Å². The summed E-state index contributed by atoms with van der Waals surface area (Å²) in [6.45, 7) is 5.30. The van der Waals surface area contributed by atoms with Gasteiger partial charge in [-0.25, -0.2) is 9.67 Å². The molecule has 8 heteroatoms. The maximum absolute atomic E-state index is 12.3. The second kappa shape index (κ2) is 7.63. The molecule has 3 aromatic rings. The Balaban J connectivity index is 1.42. The maximum atomic E-state index is 12.3. The fourth-order valence-corrected chi connectivity index (χ4v) is 3.04. The predicted molar refractivity (Wildman–Crippen MR) is 106 cm³/mol. The molecule has 0 saturated carbocycles. The maximum Gasteiger partial charge on any atom is 0.253 e. The highest BCUT2D eigenvalue weighted by Crippen LogP contribution is 2.23. The van der Waals surface area contributed by atoms with Crippen molar-refractivity contribution in [3.8, 4) is 17.1 Å². The normalized spacial score (nSPS) is 14.9. The van der Waals surface area contributed by atoms with Gasteiger partial charge in [-0.3, -0.25) is 4.79 Å². The van der Waals surface area contributed by atoms with Crippen LogP contribution in [0.2, 0.25) is 0 Å². The van der Waals surface area contributed by atoms with Gasteiger partial charge in [0.1, 0.15) is 18.0 Å². The van der Waals surface area contributed by atoms with Gasteiger partial charge in [0.2, 0.25) is 5.88 Å². The van der Waals surface area contributed by atoms with E-state index in [9.17, 15) is 4.79 Å². The molecule has 1 N–H and O–H groups in total. The highest BCUT2D eigenvalue weighted by Gasteiger charge is 2.35. The smallest absolute Gasteiger partial charge is 0.253 e. The molecule has 1 amide bonds. The molecule has 2 aromatic heterocycles. The predicted octanol–water partition coefficient (Wildman–Crippen LogP) is 2.28. The lowest BCUT2D eigenvalue weighted by Gasteiger charge is -2.38. The minimum absolute atomic E-state index is 0.174. The van der Waals surface area contributed by atoms with Crippen molar-refractivity contribution in [1.29, 1.82) is 0 Å². The molecule has 1 aliphatic heterocycles. The number of aromatic nitrogens is 4. The number of nitrogens with one attached hydrogen (secondary N) is 1. The third-order valence-electron chi connectivity index (χ3n) is 4.88. The molecular formula is C21H23N5O3. The molecule has 29 heavy (non-hydrogen) atoms. The Morgan fingerprint density at radius 3 is 2.62 bits per heavy atom. The fourth-order valence-electron chi connectivity index (χ4n) is 3.04. The fraction of sp³-hybridized carbons (Fsp3) is 0.333. The van der Waals surface area contributed by atoms with Crippen LogP contribution in [0.25, 0.3) is 11.3 Å². The summed E-state index contributed by atoms with van der Waals surface area (Å²) in [6, 6.07) is 11.5. The summed E-state index contributed by atoms with van der Waals surface area (Å²) in [4.78, 5) is 16.6. The van der Waals surface area contributed by atoms with Gasteiger partial charge in [0, 0.05) is 24.9 Å². The van der Waals surface area contributed by atoms with E-state index in [0.717, 1.165) is 17.0 Å². The molecule has 0 unspecified atom stereocenters. The minimum Gasteiger partial charge on any atom is -0.471 e. The molecular weight excluding hydrogens is 370 g/mol. The summed E-state index contributed by atoms with van der Waals surface area (Å²) < 4.78 is 12.7. The lowest BCUT2D eigenvalue weighted by Crippen LogP contribution is -2.59. The Bertz CT molecular complexity index is 1010. The van der Waals surface area contributed by atoms with Gasteiger partial charge in [0.25, 0.3) is 5.91 Å². The van der Waals surface area contributed by atoms with E-state index in [1.807, 2.05) is 45.2 Å². The molecule has 0 spiro atoms. The van der Waals surface area contributed by atoms with Crippen molar-refractivity contribution in [2.75, 3.05) is 13.2 Å². The van der Waals surface area contributed by atoms with Gasteiger partial charge in [-0.1, -0.05) is 35.0 Å². The van der Waals surface area contributed by atoms with Crippen molar-refractivity contribution >= 4 is 5.91 Å². The minimum atomic E-state index is -0.300. The lowest BCUT2D eigenvalue weighted by molar-refractivity contribution is -0.0593. The van der Waals surface area contributed by atoms with Crippen molar-refractivity contribution in [2.24, 2.45) is 7.05 Å². The quantitative estimate of drug-likeness (QED) is 0.691. The SMILES string of the molecule is Cc1ccc(-c2nnn(C)c2COc2ccc(C(=O)NC3(C)COC3)cn2)cc1. The largest absolute Gasteiger partial charge is 0.471 e. The van der Waals surface area contributed by atoms with Crippen LogP contribution in [-0.2, 0) is 18.4 Å². The first kappa shape index (κ1) is 19.1. The molecule has 0 radical (unpaired) electrons. The van der Waals surface area contributed by atoms with Crippen molar-refractivity contribution in [3.05, 3.63) is 59.4 Å². The Labute approximate surface area is 168 Å². The van der Waals surface area contributed by atoms with E-state index in [0.29, 0.717) is 24.7 Å². The monoisotopic (exact) mass is 393 g/mol. The van der Waals surface area contributed by atoms with Crippen LogP contribution in [0.1, 0.15) is 28.5 Å². The number of carbonyl (C=O) groups excluding carboxylic acids is 1. The highest BCUT2D eigenvalue weighted by molar-refractivity contribution is 5.94. The van der Waals surface area contributed by atoms with E-state index in [2.05, 4.69) is 20.6 Å². The van der Waals surface area contributed by atoms with E-state index in [4.69, 9.17) is 9.47 Å². The van der Waals surface area contributed by atoms with Crippen molar-refractivity contribution in [2.45, 2.75) is 26.0 Å². The Kier molecular flexibility index (Phi) is 5.02. The van der Waals surface area contributed by atoms with Gasteiger partial charge >= 0.3 is 0 Å². The first-order valence-corrected chi connectivity index (χ1v) is 9.38. The summed E-state index contributed by atoms with van der Waals surface area (Å²) in [5.74, 6) is 0.253. The summed E-state index contributed by atoms with van der Waals surface area (Å²) in [6.07, 6.45) is 1.51. The number of aryl methyl sites for hydroxylation is 2. The van der Waals surface area contributed by atoms with Crippen molar-refractivity contribution < 1.29 is 14.3 Å². The van der Waals surface area contributed by atoms with Gasteiger partial charge in [-0.15, -0.1) is 5.10 Å². The molecule has 4 rings (SSSR count). The number of hydrogen-bond acceptors (Lipinski definition) is 6. The van der Waals surface area contributed by atoms with E-state index in [1.54, 1.807) is 16.8 Å². The number of carbonyl (C=O) groups is 1. The Morgan fingerprint density at radius 1 is 1.24 bits per heavy atom. The molecule has 1 aromatic carbocycles. The molecule has 1 fully saturated rings. The molecule has 1 aliphatic rings. The van der Waals surface area contributed by atoms with Crippen LogP contribution in [0, 0.1) is 6.92 Å². The first-order valence-electron chi connectivity index (χ1n) is 9.38. The van der Waals surface area contributed by atoms with Gasteiger partial charge in [0.05, 0.1) is 24.3 Å². The third-order valence-corrected chi connectivity index (χ3v) is 4.88. The number of hydrogen-bond donors (Lipinski definition) is 1. The number of pyridine rings is 1. The molecule has 0 bridgehead atoms. The molecule has 8 nitrogen and oxygen atoms in total. The molecule has 150 valence electrons. The van der Waals surface area contributed by atoms with Gasteiger partial charge < -0.3 is 14.8 Å². The van der Waals surface area contributed by atoms with Crippen LogP contribution in [0.3, 0.4) is 0 Å². The van der Waals surface area contributed by atoms with Crippen molar-refractivity contribution in [1.82, 2.24) is 25.3 Å². The number of ether oxygens (including phenoxy) is 2. The van der Waals surface area contributed by atoms with Crippen molar-refractivity contribution in [3.63, 3.8) is 0 Å². The van der Waals surface area contributed by atoms with Crippen LogP contribution in [0.4, 0.5) is 0 Å². The van der Waals surface area contributed by atoms with E-state index >= 15 is 0 Å². The van der Waals surface area contributed by atoms with Gasteiger partial charge in [0.15, 0.2) is 0 Å². The molecule has 1 saturated heterocycles. The highest BCUT2D eigenvalue weighted by atomic mass is 16.5. The number of benzene rings is 1. The second-order valence-corrected chi connectivity index (χ2v) is 7.56. The average molecular weight is 393 g/mol.